The third-order valence-corrected chi connectivity index (χ3v) is 5.26. The molecule has 0 aliphatic carbocycles. The van der Waals surface area contributed by atoms with Gasteiger partial charge >= 0.3 is 0 Å². The number of hydrogen-bond donors (Lipinski definition) is 3. The minimum Gasteiger partial charge on any atom is -0.322 e. The van der Waals surface area contributed by atoms with Crippen LogP contribution in [0.1, 0.15) is 23.6 Å². The number of amides is 1. The third kappa shape index (κ3) is 5.97. The van der Waals surface area contributed by atoms with Crippen LogP contribution in [0.25, 0.3) is 0 Å². The molecule has 0 bridgehead atoms. The number of rotatable bonds is 6. The summed E-state index contributed by atoms with van der Waals surface area (Å²) in [6, 6.07) is 14.8. The zero-order valence-corrected chi connectivity index (χ0v) is 16.6. The molecular weight excluding hydrogens is 355 g/mol. The number of hydrogen-bond acceptors (Lipinski definition) is 2. The second-order valence-electron chi connectivity index (χ2n) is 7.58. The van der Waals surface area contributed by atoms with Crippen LogP contribution in [0, 0.1) is 12.7 Å². The maximum absolute atomic E-state index is 13.0. The highest BCUT2D eigenvalue weighted by molar-refractivity contribution is 5.99. The van der Waals surface area contributed by atoms with E-state index in [1.807, 2.05) is 0 Å². The van der Waals surface area contributed by atoms with Crippen LogP contribution in [0.15, 0.2) is 53.6 Å². The Bertz CT molecular complexity index is 809. The zero-order chi connectivity index (χ0) is 19.9. The van der Waals surface area contributed by atoms with Crippen molar-refractivity contribution in [3.05, 3.63) is 71.0 Å². The van der Waals surface area contributed by atoms with Crippen molar-refractivity contribution in [3.8, 4) is 0 Å². The van der Waals surface area contributed by atoms with Gasteiger partial charge in [-0.05, 0) is 31.5 Å². The van der Waals surface area contributed by atoms with Crippen molar-refractivity contribution in [3.63, 3.8) is 0 Å². The molecule has 1 amide bonds. The van der Waals surface area contributed by atoms with Crippen LogP contribution in [0.5, 0.6) is 0 Å². The van der Waals surface area contributed by atoms with Crippen molar-refractivity contribution >= 4 is 11.6 Å². The van der Waals surface area contributed by atoms with E-state index < -0.39 is 0 Å². The highest BCUT2D eigenvalue weighted by atomic mass is 19.1. The number of benzene rings is 2. The van der Waals surface area contributed by atoms with Crippen LogP contribution >= 0.6 is 0 Å². The fraction of sp³-hybridized carbons (Fsp3) is 0.364. The monoisotopic (exact) mass is 384 g/mol. The van der Waals surface area contributed by atoms with E-state index in [1.54, 1.807) is 24.0 Å². The molecule has 1 fully saturated rings. The van der Waals surface area contributed by atoms with E-state index >= 15 is 0 Å². The molecule has 1 aliphatic rings. The number of quaternary nitrogens is 2. The van der Waals surface area contributed by atoms with Gasteiger partial charge in [0.25, 0.3) is 5.91 Å². The van der Waals surface area contributed by atoms with Gasteiger partial charge in [-0.15, -0.1) is 0 Å². The summed E-state index contributed by atoms with van der Waals surface area (Å²) in [4.78, 5) is 15.1. The largest absolute Gasteiger partial charge is 0.322 e. The standard InChI is InChI=1S/C22H27FN4O/c1-17-3-5-19(6-4-17)15-26-11-13-27(14-12-26)16-22(28)25-24-18(2)20-7-9-21(23)10-8-20/h3-10H,11-16H2,1-2H3,(H,25,28)/p+2/b24-18-. The van der Waals surface area contributed by atoms with Crippen molar-refractivity contribution in [2.45, 2.75) is 20.4 Å². The average molecular weight is 384 g/mol. The van der Waals surface area contributed by atoms with Crippen molar-refractivity contribution < 1.29 is 19.0 Å². The molecule has 0 radical (unpaired) electrons. The lowest BCUT2D eigenvalue weighted by Gasteiger charge is -2.29. The number of piperazine rings is 1. The number of nitrogens with zero attached hydrogens (tertiary/aromatic N) is 1. The smallest absolute Gasteiger partial charge is 0.295 e. The van der Waals surface area contributed by atoms with E-state index in [0.29, 0.717) is 12.3 Å². The van der Waals surface area contributed by atoms with Gasteiger partial charge in [-0.2, -0.15) is 5.10 Å². The Labute approximate surface area is 165 Å². The van der Waals surface area contributed by atoms with Gasteiger partial charge in [-0.1, -0.05) is 42.0 Å². The summed E-state index contributed by atoms with van der Waals surface area (Å²) in [5.41, 5.74) is 6.74. The highest BCUT2D eigenvalue weighted by Gasteiger charge is 2.24. The Morgan fingerprint density at radius 1 is 1.00 bits per heavy atom. The van der Waals surface area contributed by atoms with E-state index in [0.717, 1.165) is 38.3 Å². The summed E-state index contributed by atoms with van der Waals surface area (Å²) in [5, 5.41) is 4.14. The number of carbonyl (C=O) groups excluding carboxylic acids is 1. The van der Waals surface area contributed by atoms with Crippen molar-refractivity contribution in [2.24, 2.45) is 5.10 Å². The molecule has 0 aromatic heterocycles. The van der Waals surface area contributed by atoms with Crippen LogP contribution in [-0.4, -0.2) is 44.3 Å². The Kier molecular flexibility index (Phi) is 6.90. The van der Waals surface area contributed by atoms with Gasteiger partial charge in [-0.3, -0.25) is 4.79 Å². The van der Waals surface area contributed by atoms with E-state index in [1.165, 1.54) is 28.2 Å². The molecule has 1 aliphatic heterocycles. The molecule has 5 nitrogen and oxygen atoms in total. The van der Waals surface area contributed by atoms with Crippen molar-refractivity contribution in [1.29, 1.82) is 0 Å². The van der Waals surface area contributed by atoms with Gasteiger partial charge in [0.15, 0.2) is 6.54 Å². The fourth-order valence-corrected chi connectivity index (χ4v) is 3.47. The third-order valence-electron chi connectivity index (χ3n) is 5.26. The lowest BCUT2D eigenvalue weighted by Crippen LogP contribution is -3.28. The molecule has 148 valence electrons. The molecule has 0 unspecified atom stereocenters. The number of hydrazone groups is 1. The van der Waals surface area contributed by atoms with Gasteiger partial charge in [0.2, 0.25) is 0 Å². The summed E-state index contributed by atoms with van der Waals surface area (Å²) in [5.74, 6) is -0.369. The van der Waals surface area contributed by atoms with Crippen LogP contribution in [-0.2, 0) is 11.3 Å². The molecule has 0 spiro atoms. The minimum atomic E-state index is -0.284. The summed E-state index contributed by atoms with van der Waals surface area (Å²) >= 11 is 0. The molecule has 3 N–H and O–H groups in total. The van der Waals surface area contributed by atoms with Gasteiger partial charge < -0.3 is 9.80 Å². The van der Waals surface area contributed by atoms with Crippen LogP contribution in [0.2, 0.25) is 0 Å². The van der Waals surface area contributed by atoms with Gasteiger partial charge in [0.1, 0.15) is 38.5 Å². The molecule has 28 heavy (non-hydrogen) atoms. The zero-order valence-electron chi connectivity index (χ0n) is 16.6. The predicted molar refractivity (Wildman–Crippen MR) is 108 cm³/mol. The molecule has 1 saturated heterocycles. The minimum absolute atomic E-state index is 0.0848. The molecule has 2 aromatic carbocycles. The number of nitrogens with one attached hydrogen (secondary N) is 3. The van der Waals surface area contributed by atoms with Gasteiger partial charge in [-0.25, -0.2) is 9.82 Å². The molecule has 6 heteroatoms. The number of halogens is 1. The first kappa shape index (κ1) is 20.2. The SMILES string of the molecule is C/C(=N/NC(=O)C[NH+]1CC[NH+](Cc2ccc(C)cc2)CC1)c1ccc(F)cc1. The summed E-state index contributed by atoms with van der Waals surface area (Å²) < 4.78 is 13.0. The molecule has 3 rings (SSSR count). The van der Waals surface area contributed by atoms with E-state index in [4.69, 9.17) is 0 Å². The summed E-state index contributed by atoms with van der Waals surface area (Å²) in [6.45, 7) is 9.47. The number of aryl methyl sites for hydroxylation is 1. The quantitative estimate of drug-likeness (QED) is 0.475. The van der Waals surface area contributed by atoms with Crippen molar-refractivity contribution in [2.75, 3.05) is 32.7 Å². The van der Waals surface area contributed by atoms with Crippen LogP contribution in [0.3, 0.4) is 0 Å². The van der Waals surface area contributed by atoms with E-state index in [9.17, 15) is 9.18 Å². The van der Waals surface area contributed by atoms with Gasteiger partial charge in [0.05, 0.1) is 5.71 Å². The average Bonchev–Trinajstić information content (AvgIpc) is 2.70. The van der Waals surface area contributed by atoms with E-state index in [-0.39, 0.29) is 11.7 Å². The summed E-state index contributed by atoms with van der Waals surface area (Å²) in [6.07, 6.45) is 0. The lowest BCUT2D eigenvalue weighted by molar-refractivity contribution is -1.02. The Morgan fingerprint density at radius 3 is 2.25 bits per heavy atom. The number of carbonyl (C=O) groups is 1. The Hall–Kier alpha value is -2.57. The second kappa shape index (κ2) is 9.57. The highest BCUT2D eigenvalue weighted by Crippen LogP contribution is 2.03. The predicted octanol–water partition coefficient (Wildman–Crippen LogP) is -0.0421. The Morgan fingerprint density at radius 2 is 1.61 bits per heavy atom. The maximum atomic E-state index is 13.0. The Balaban J connectivity index is 1.41. The summed E-state index contributed by atoms with van der Waals surface area (Å²) in [7, 11) is 0. The van der Waals surface area contributed by atoms with Gasteiger partial charge in [0, 0.05) is 5.56 Å². The van der Waals surface area contributed by atoms with Crippen LogP contribution in [0.4, 0.5) is 4.39 Å². The first-order valence-corrected chi connectivity index (χ1v) is 9.81. The maximum Gasteiger partial charge on any atom is 0.295 e. The molecule has 2 aromatic rings. The first-order chi connectivity index (χ1) is 13.5. The van der Waals surface area contributed by atoms with Crippen molar-refractivity contribution in [1.82, 2.24) is 5.43 Å². The molecule has 1 heterocycles. The van der Waals surface area contributed by atoms with Crippen LogP contribution < -0.4 is 15.2 Å². The molecule has 0 saturated carbocycles. The first-order valence-electron chi connectivity index (χ1n) is 9.81. The lowest BCUT2D eigenvalue weighted by atomic mass is 10.1. The van der Waals surface area contributed by atoms with E-state index in [2.05, 4.69) is 41.7 Å². The normalized spacial score (nSPS) is 20.0. The molecular formula is C22H29FN4O+2. The topological polar surface area (TPSA) is 50.3 Å². The fourth-order valence-electron chi connectivity index (χ4n) is 3.47. The molecule has 0 atom stereocenters. The second-order valence-corrected chi connectivity index (χ2v) is 7.58.